The number of sulfone groups is 1. The van der Waals surface area contributed by atoms with Crippen LogP contribution < -0.4 is 9.47 Å². The van der Waals surface area contributed by atoms with E-state index < -0.39 is 9.84 Å². The monoisotopic (exact) mass is 592 g/mol. The van der Waals surface area contributed by atoms with Crippen LogP contribution in [-0.4, -0.2) is 27.9 Å². The summed E-state index contributed by atoms with van der Waals surface area (Å²) in [5.41, 5.74) is 4.81. The summed E-state index contributed by atoms with van der Waals surface area (Å²) in [6.07, 6.45) is 2.84. The topological polar surface area (TPSA) is 52.6 Å². The van der Waals surface area contributed by atoms with E-state index in [1.54, 1.807) is 25.3 Å². The Morgan fingerprint density at radius 2 is 1.15 bits per heavy atom. The molecule has 4 nitrogen and oxygen atoms in total. The molecule has 0 amide bonds. The molecule has 0 saturated heterocycles. The summed E-state index contributed by atoms with van der Waals surface area (Å²) in [6, 6.07) is 27.1. The fourth-order valence-corrected chi connectivity index (χ4v) is 7.29. The third-order valence-corrected chi connectivity index (χ3v) is 9.81. The second-order valence-corrected chi connectivity index (χ2v) is 13.5. The van der Waals surface area contributed by atoms with Crippen LogP contribution in [0, 0.1) is 6.92 Å². The van der Waals surface area contributed by atoms with Gasteiger partial charge in [0.25, 0.3) is 0 Å². The summed E-state index contributed by atoms with van der Waals surface area (Å²) in [4.78, 5) is 0.724. The molecule has 0 aliphatic rings. The fraction of sp³-hybridized carbons (Fsp3) is 0.273. The molecule has 0 N–H and O–H groups in total. The van der Waals surface area contributed by atoms with Crippen molar-refractivity contribution in [1.82, 2.24) is 0 Å². The number of rotatable bonds is 11. The maximum Gasteiger partial charge on any atom is 0.207 e. The highest BCUT2D eigenvalue weighted by molar-refractivity contribution is 7.91. The summed E-state index contributed by atoms with van der Waals surface area (Å²) in [6.45, 7) is 6.37. The Kier molecular flexibility index (Phi) is 9.72. The van der Waals surface area contributed by atoms with Gasteiger partial charge in [0, 0.05) is 5.41 Å². The van der Waals surface area contributed by atoms with E-state index in [2.05, 4.69) is 56.6 Å². The Morgan fingerprint density at radius 1 is 0.675 bits per heavy atom. The minimum Gasteiger partial charge on any atom is -0.497 e. The van der Waals surface area contributed by atoms with Crippen LogP contribution in [0.15, 0.2) is 94.7 Å². The molecular formula is C33H38O4P2S. The first-order valence-electron chi connectivity index (χ1n) is 13.4. The Morgan fingerprint density at radius 3 is 1.68 bits per heavy atom. The molecule has 210 valence electrons. The second kappa shape index (κ2) is 12.9. The minimum absolute atomic E-state index is 0.196. The quantitative estimate of drug-likeness (QED) is 0.167. The van der Waals surface area contributed by atoms with Crippen LogP contribution in [0.2, 0.25) is 0 Å². The lowest BCUT2D eigenvalue weighted by Gasteiger charge is -2.26. The number of ether oxygens (including phenoxy) is 2. The molecule has 2 unspecified atom stereocenters. The van der Waals surface area contributed by atoms with Gasteiger partial charge in [-0.3, -0.25) is 0 Å². The highest BCUT2D eigenvalue weighted by atomic mass is 32.2. The van der Waals surface area contributed by atoms with Gasteiger partial charge in [0.1, 0.15) is 17.2 Å². The summed E-state index contributed by atoms with van der Waals surface area (Å²) < 4.78 is 39.2. The molecule has 0 aromatic heterocycles. The highest BCUT2D eigenvalue weighted by Gasteiger charge is 2.25. The molecule has 0 saturated carbocycles. The van der Waals surface area contributed by atoms with Gasteiger partial charge in [-0.1, -0.05) is 55.8 Å². The van der Waals surface area contributed by atoms with Gasteiger partial charge >= 0.3 is 0 Å². The van der Waals surface area contributed by atoms with Crippen molar-refractivity contribution < 1.29 is 17.9 Å². The van der Waals surface area contributed by atoms with Crippen molar-refractivity contribution in [3.63, 3.8) is 0 Å². The number of hydrogen-bond donors (Lipinski definition) is 0. The minimum atomic E-state index is -3.69. The molecule has 0 fully saturated rings. The SMILES string of the molecule is COc1ccc(C(C)(C)c2ccc(Oc3ccc(S(=O)(=O)c4ccc(C)cc4CCP)c(CCP)c3)cc2)cc1. The second-order valence-electron chi connectivity index (χ2n) is 10.4. The predicted octanol–water partition coefficient (Wildman–Crippen LogP) is 7.79. The molecule has 0 spiro atoms. The molecule has 0 radical (unpaired) electrons. The predicted molar refractivity (Wildman–Crippen MR) is 171 cm³/mol. The van der Waals surface area contributed by atoms with E-state index in [1.807, 2.05) is 49.4 Å². The average molecular weight is 593 g/mol. The standard InChI is InChI=1S/C33H38O4P2S/c1-23-5-15-31(24(21-23)17-19-38)40(34,35)32-16-14-30(22-25(32)18-20-39)37-29-12-8-27(9-13-29)33(2,3)26-6-10-28(36-4)11-7-26/h5-16,21-22H,17-20,38-39H2,1-4H3. The smallest absolute Gasteiger partial charge is 0.207 e. The highest BCUT2D eigenvalue weighted by Crippen LogP contribution is 2.35. The summed E-state index contributed by atoms with van der Waals surface area (Å²) in [5.74, 6) is 2.15. The van der Waals surface area contributed by atoms with E-state index in [-0.39, 0.29) is 5.41 Å². The van der Waals surface area contributed by atoms with Gasteiger partial charge in [-0.05, 0) is 103 Å². The largest absolute Gasteiger partial charge is 0.497 e. The first-order chi connectivity index (χ1) is 19.1. The third-order valence-electron chi connectivity index (χ3n) is 7.28. The van der Waals surface area contributed by atoms with Gasteiger partial charge < -0.3 is 9.47 Å². The number of hydrogen-bond acceptors (Lipinski definition) is 4. The Balaban J connectivity index is 1.60. The normalized spacial score (nSPS) is 11.8. The van der Waals surface area contributed by atoms with Crippen molar-refractivity contribution in [2.75, 3.05) is 19.4 Å². The summed E-state index contributed by atoms with van der Waals surface area (Å²) >= 11 is 0. The molecule has 40 heavy (non-hydrogen) atoms. The fourth-order valence-electron chi connectivity index (χ4n) is 4.92. The molecule has 0 bridgehead atoms. The van der Waals surface area contributed by atoms with Crippen LogP contribution in [0.3, 0.4) is 0 Å². The zero-order valence-corrected chi connectivity index (χ0v) is 26.7. The van der Waals surface area contributed by atoms with Crippen LogP contribution in [0.25, 0.3) is 0 Å². The molecule has 0 aliphatic carbocycles. The van der Waals surface area contributed by atoms with Crippen molar-refractivity contribution in [3.05, 3.63) is 113 Å². The van der Waals surface area contributed by atoms with Crippen LogP contribution in [-0.2, 0) is 28.1 Å². The van der Waals surface area contributed by atoms with E-state index in [0.717, 1.165) is 40.3 Å². The van der Waals surface area contributed by atoms with Crippen LogP contribution in [0.4, 0.5) is 0 Å². The molecule has 7 heteroatoms. The molecule has 4 aromatic carbocycles. The van der Waals surface area contributed by atoms with E-state index in [0.29, 0.717) is 34.1 Å². The van der Waals surface area contributed by atoms with Crippen molar-refractivity contribution in [2.24, 2.45) is 0 Å². The lowest BCUT2D eigenvalue weighted by atomic mass is 9.78. The van der Waals surface area contributed by atoms with Gasteiger partial charge in [0.05, 0.1) is 16.9 Å². The van der Waals surface area contributed by atoms with Crippen LogP contribution >= 0.6 is 18.5 Å². The zero-order valence-electron chi connectivity index (χ0n) is 23.6. The van der Waals surface area contributed by atoms with E-state index in [1.165, 1.54) is 5.56 Å². The maximum atomic E-state index is 13.8. The molecule has 4 aromatic rings. The van der Waals surface area contributed by atoms with Crippen molar-refractivity contribution in [1.29, 1.82) is 0 Å². The van der Waals surface area contributed by atoms with Gasteiger partial charge in [-0.25, -0.2) is 8.42 Å². The Labute approximate surface area is 243 Å². The Bertz CT molecular complexity index is 1560. The van der Waals surface area contributed by atoms with E-state index >= 15 is 0 Å². The molecule has 0 aliphatic heterocycles. The first-order valence-corrected chi connectivity index (χ1v) is 16.5. The lowest BCUT2D eigenvalue weighted by molar-refractivity contribution is 0.414. The zero-order chi connectivity index (χ0) is 28.9. The van der Waals surface area contributed by atoms with E-state index in [4.69, 9.17) is 9.47 Å². The molecule has 0 heterocycles. The third kappa shape index (κ3) is 6.60. The lowest BCUT2D eigenvalue weighted by Crippen LogP contribution is -2.18. The maximum absolute atomic E-state index is 13.8. The number of benzene rings is 4. The van der Waals surface area contributed by atoms with E-state index in [9.17, 15) is 8.42 Å². The van der Waals surface area contributed by atoms with Gasteiger partial charge in [-0.2, -0.15) is 0 Å². The van der Waals surface area contributed by atoms with Crippen molar-refractivity contribution in [3.8, 4) is 17.2 Å². The summed E-state index contributed by atoms with van der Waals surface area (Å²) in [7, 11) is 3.36. The van der Waals surface area contributed by atoms with Crippen LogP contribution in [0.5, 0.6) is 17.2 Å². The summed E-state index contributed by atoms with van der Waals surface area (Å²) in [5, 5.41) is 0. The van der Waals surface area contributed by atoms with Gasteiger partial charge in [0.15, 0.2) is 0 Å². The first kappa shape index (κ1) is 30.3. The van der Waals surface area contributed by atoms with Gasteiger partial charge in [0.2, 0.25) is 9.84 Å². The number of methoxy groups -OCH3 is 1. The average Bonchev–Trinajstić information content (AvgIpc) is 2.94. The Hall–Kier alpha value is -2.71. The van der Waals surface area contributed by atoms with Crippen LogP contribution in [0.1, 0.15) is 41.7 Å². The van der Waals surface area contributed by atoms with Crippen molar-refractivity contribution in [2.45, 2.75) is 48.8 Å². The number of aryl methyl sites for hydroxylation is 3. The van der Waals surface area contributed by atoms with Crippen molar-refractivity contribution >= 4 is 28.3 Å². The molecular weight excluding hydrogens is 554 g/mol. The molecule has 4 rings (SSSR count). The molecule has 2 atom stereocenters. The van der Waals surface area contributed by atoms with Gasteiger partial charge in [-0.15, -0.1) is 18.5 Å².